The molecular formula is C21H28N4O3S. The number of sulfone groups is 1. The highest BCUT2D eigenvalue weighted by Crippen LogP contribution is 2.43. The maximum Gasteiger partial charge on any atom is 0.244 e. The predicted molar refractivity (Wildman–Crippen MR) is 115 cm³/mol. The Labute approximate surface area is 171 Å². The lowest BCUT2D eigenvalue weighted by atomic mass is 9.72. The van der Waals surface area contributed by atoms with E-state index in [4.69, 9.17) is 0 Å². The number of aromatic nitrogens is 1. The summed E-state index contributed by atoms with van der Waals surface area (Å²) < 4.78 is 22.5. The van der Waals surface area contributed by atoms with Crippen molar-refractivity contribution < 1.29 is 13.2 Å². The van der Waals surface area contributed by atoms with Gasteiger partial charge in [0.2, 0.25) is 5.91 Å². The zero-order valence-electron chi connectivity index (χ0n) is 17.1. The lowest BCUT2D eigenvalue weighted by molar-refractivity contribution is -0.135. The summed E-state index contributed by atoms with van der Waals surface area (Å²) in [7, 11) is -1.29. The highest BCUT2D eigenvalue weighted by atomic mass is 32.2. The fraction of sp³-hybridized carbons (Fsp3) is 0.476. The van der Waals surface area contributed by atoms with E-state index in [0.717, 1.165) is 11.9 Å². The number of amides is 1. The van der Waals surface area contributed by atoms with Crippen LogP contribution in [0.3, 0.4) is 0 Å². The van der Waals surface area contributed by atoms with E-state index in [0.29, 0.717) is 19.5 Å². The second kappa shape index (κ2) is 7.27. The first-order valence-electron chi connectivity index (χ1n) is 9.93. The molecule has 2 aliphatic rings. The zero-order valence-corrected chi connectivity index (χ0v) is 17.9. The minimum absolute atomic E-state index is 0.0292. The Bertz CT molecular complexity index is 1090. The molecule has 0 fully saturated rings. The number of fused-ring (bicyclic) bond motifs is 2. The first-order chi connectivity index (χ1) is 13.7. The van der Waals surface area contributed by atoms with Crippen LogP contribution in [-0.2, 0) is 21.1 Å². The van der Waals surface area contributed by atoms with Crippen LogP contribution in [0, 0.1) is 5.92 Å². The number of hydrazine groups is 1. The molecule has 1 aliphatic heterocycles. The minimum Gasteiger partial charge on any atom is -0.361 e. The lowest BCUT2D eigenvalue weighted by Gasteiger charge is -2.42. The minimum atomic E-state index is -2.99. The van der Waals surface area contributed by atoms with Gasteiger partial charge < -0.3 is 10.3 Å². The van der Waals surface area contributed by atoms with Crippen molar-refractivity contribution in [2.45, 2.75) is 25.3 Å². The molecule has 4 rings (SSSR count). The number of nitrogens with one attached hydrogen (secondary N) is 3. The Kier molecular flexibility index (Phi) is 5.04. The van der Waals surface area contributed by atoms with E-state index in [1.165, 1.54) is 33.4 Å². The molecule has 1 aromatic carbocycles. The summed E-state index contributed by atoms with van der Waals surface area (Å²) in [5.74, 6) is -0.196. The van der Waals surface area contributed by atoms with Crippen molar-refractivity contribution in [3.8, 4) is 0 Å². The molecule has 8 heteroatoms. The molecule has 2 aromatic rings. The van der Waals surface area contributed by atoms with Gasteiger partial charge in [-0.15, -0.1) is 0 Å². The molecule has 0 saturated heterocycles. The Hall–Kier alpha value is -2.16. The van der Waals surface area contributed by atoms with Gasteiger partial charge in [0, 0.05) is 49.0 Å². The van der Waals surface area contributed by atoms with E-state index in [2.05, 4.69) is 47.1 Å². The first kappa shape index (κ1) is 20.1. The largest absolute Gasteiger partial charge is 0.361 e. The van der Waals surface area contributed by atoms with Crippen molar-refractivity contribution in [3.05, 3.63) is 41.6 Å². The Morgan fingerprint density at radius 2 is 2.17 bits per heavy atom. The smallest absolute Gasteiger partial charge is 0.244 e. The number of hydrogen-bond acceptors (Lipinski definition) is 5. The average Bonchev–Trinajstić information content (AvgIpc) is 3.07. The quantitative estimate of drug-likeness (QED) is 0.490. The first-order valence-corrected chi connectivity index (χ1v) is 12.0. The maximum atomic E-state index is 13.0. The van der Waals surface area contributed by atoms with Crippen molar-refractivity contribution in [1.82, 2.24) is 20.7 Å². The second-order valence-electron chi connectivity index (χ2n) is 8.41. The molecular weight excluding hydrogens is 388 g/mol. The van der Waals surface area contributed by atoms with Crippen LogP contribution >= 0.6 is 0 Å². The van der Waals surface area contributed by atoms with E-state index < -0.39 is 9.84 Å². The number of rotatable bonds is 6. The molecule has 1 aliphatic carbocycles. The summed E-state index contributed by atoms with van der Waals surface area (Å²) in [6, 6.07) is 6.26. The molecule has 0 saturated carbocycles. The molecule has 3 N–H and O–H groups in total. The average molecular weight is 417 g/mol. The van der Waals surface area contributed by atoms with Crippen molar-refractivity contribution in [3.63, 3.8) is 0 Å². The van der Waals surface area contributed by atoms with E-state index in [1.54, 1.807) is 7.05 Å². The van der Waals surface area contributed by atoms with Crippen LogP contribution in [0.15, 0.2) is 30.5 Å². The van der Waals surface area contributed by atoms with Gasteiger partial charge in [-0.05, 0) is 42.5 Å². The molecule has 1 amide bonds. The topological polar surface area (TPSA) is 94.3 Å². The molecule has 156 valence electrons. The third-order valence-corrected chi connectivity index (χ3v) is 7.02. The van der Waals surface area contributed by atoms with Gasteiger partial charge in [0.1, 0.15) is 9.84 Å². The molecule has 0 unspecified atom stereocenters. The third kappa shape index (κ3) is 3.84. The van der Waals surface area contributed by atoms with E-state index in [1.807, 2.05) is 6.07 Å². The van der Waals surface area contributed by atoms with Gasteiger partial charge in [-0.25, -0.2) is 13.8 Å². The maximum absolute atomic E-state index is 13.0. The number of H-pyrrole nitrogens is 1. The van der Waals surface area contributed by atoms with Crippen LogP contribution in [0.5, 0.6) is 0 Å². The molecule has 2 heterocycles. The van der Waals surface area contributed by atoms with E-state index in [9.17, 15) is 13.2 Å². The fourth-order valence-electron chi connectivity index (χ4n) is 4.49. The van der Waals surface area contributed by atoms with Crippen molar-refractivity contribution in [2.24, 2.45) is 5.92 Å². The van der Waals surface area contributed by atoms with Crippen LogP contribution in [0.2, 0.25) is 0 Å². The molecule has 29 heavy (non-hydrogen) atoms. The number of nitrogens with zero attached hydrogens (tertiary/aromatic N) is 1. The van der Waals surface area contributed by atoms with Gasteiger partial charge in [0.25, 0.3) is 0 Å². The molecule has 0 spiro atoms. The fourth-order valence-corrected chi connectivity index (χ4v) is 5.15. The third-order valence-electron chi connectivity index (χ3n) is 5.98. The Morgan fingerprint density at radius 3 is 2.93 bits per heavy atom. The van der Waals surface area contributed by atoms with Crippen LogP contribution in [0.25, 0.3) is 16.5 Å². The standard InChI is InChI=1S/C21H28N4O3S/c1-21-11-15-12-22-18-7-4-6-16(19(15)18)17(21)10-14(13-23-21)20(26)25(2)24-8-5-9-29(3,27)28/h4,6-7,10,12,14,22-24H,5,8-9,11,13H2,1-3H3/t14-,21-/m1/s1. The summed E-state index contributed by atoms with van der Waals surface area (Å²) in [5.41, 5.74) is 7.61. The normalized spacial score (nSPS) is 23.6. The monoisotopic (exact) mass is 416 g/mol. The predicted octanol–water partition coefficient (Wildman–Crippen LogP) is 1.48. The van der Waals surface area contributed by atoms with Gasteiger partial charge in [-0.3, -0.25) is 9.80 Å². The van der Waals surface area contributed by atoms with Gasteiger partial charge in [-0.2, -0.15) is 0 Å². The van der Waals surface area contributed by atoms with Crippen molar-refractivity contribution >= 4 is 32.2 Å². The lowest BCUT2D eigenvalue weighted by Crippen LogP contribution is -2.54. The second-order valence-corrected chi connectivity index (χ2v) is 10.7. The van der Waals surface area contributed by atoms with Crippen LogP contribution in [0.1, 0.15) is 24.5 Å². The number of carbonyl (C=O) groups excluding carboxylic acids is 1. The number of hydrogen-bond donors (Lipinski definition) is 3. The van der Waals surface area contributed by atoms with Crippen LogP contribution in [-0.4, -0.2) is 62.0 Å². The zero-order chi connectivity index (χ0) is 20.8. The number of carbonyl (C=O) groups is 1. The van der Waals surface area contributed by atoms with Gasteiger partial charge in [-0.1, -0.05) is 18.2 Å². The highest BCUT2D eigenvalue weighted by molar-refractivity contribution is 7.90. The van der Waals surface area contributed by atoms with Crippen molar-refractivity contribution in [1.29, 1.82) is 0 Å². The summed E-state index contributed by atoms with van der Waals surface area (Å²) in [6.45, 7) is 3.21. The van der Waals surface area contributed by atoms with Crippen LogP contribution in [0.4, 0.5) is 0 Å². The van der Waals surface area contributed by atoms with Gasteiger partial charge in [0.05, 0.1) is 11.7 Å². The molecule has 0 radical (unpaired) electrons. The summed E-state index contributed by atoms with van der Waals surface area (Å²) >= 11 is 0. The van der Waals surface area contributed by atoms with Crippen molar-refractivity contribution in [2.75, 3.05) is 32.1 Å². The highest BCUT2D eigenvalue weighted by Gasteiger charge is 2.40. The molecule has 7 nitrogen and oxygen atoms in total. The van der Waals surface area contributed by atoms with Gasteiger partial charge >= 0.3 is 0 Å². The van der Waals surface area contributed by atoms with Crippen LogP contribution < -0.4 is 10.7 Å². The Morgan fingerprint density at radius 1 is 1.38 bits per heavy atom. The number of aromatic amines is 1. The number of benzene rings is 1. The molecule has 1 aromatic heterocycles. The van der Waals surface area contributed by atoms with E-state index >= 15 is 0 Å². The SMILES string of the molecule is CN(NCCCS(C)(=O)=O)C(=O)[C@@H]1C=C2c3cccc4[nH]cc(c34)C[C@@]2(C)NC1. The van der Waals surface area contributed by atoms with E-state index in [-0.39, 0.29) is 23.1 Å². The summed E-state index contributed by atoms with van der Waals surface area (Å²) in [6.07, 6.45) is 6.77. The summed E-state index contributed by atoms with van der Waals surface area (Å²) in [4.78, 5) is 16.3. The van der Waals surface area contributed by atoms with Gasteiger partial charge in [0.15, 0.2) is 0 Å². The molecule has 2 atom stereocenters. The summed E-state index contributed by atoms with van der Waals surface area (Å²) in [5, 5.41) is 6.34. The molecule has 0 bridgehead atoms. The Balaban J connectivity index is 1.53.